The molecule has 0 spiro atoms. The van der Waals surface area contributed by atoms with E-state index in [9.17, 15) is 0 Å². The predicted molar refractivity (Wildman–Crippen MR) is 22.5 cm³/mol. The summed E-state index contributed by atoms with van der Waals surface area (Å²) in [5, 5.41) is 16.2. The number of hydrogen-bond donors (Lipinski definition) is 3. The van der Waals surface area contributed by atoms with Crippen LogP contribution in [-0.2, 0) is 0 Å². The van der Waals surface area contributed by atoms with Crippen LogP contribution in [-0.4, -0.2) is 47.5 Å². The van der Waals surface area contributed by atoms with Crippen LogP contribution in [0.5, 0.6) is 0 Å². The first-order chi connectivity index (χ1) is 2.81. The van der Waals surface area contributed by atoms with Gasteiger partial charge in [-0.3, -0.25) is 0 Å². The molecular formula is C2H7BiO3. The molecule has 1 atom stereocenters. The normalized spacial score (nSPS) is 14.5. The summed E-state index contributed by atoms with van der Waals surface area (Å²) in [6.07, 6.45) is 0. The Balaban J connectivity index is 2.75. The van der Waals surface area contributed by atoms with Gasteiger partial charge in [0.25, 0.3) is 0 Å². The van der Waals surface area contributed by atoms with Crippen molar-refractivity contribution in [3.05, 3.63) is 0 Å². The molecule has 0 aromatic heterocycles. The summed E-state index contributed by atoms with van der Waals surface area (Å²) in [7, 11) is 0. The maximum atomic E-state index is 8.25. The van der Waals surface area contributed by atoms with E-state index >= 15 is 0 Å². The Morgan fingerprint density at radius 3 is 2.17 bits per heavy atom. The van der Waals surface area contributed by atoms with Crippen LogP contribution in [0, 0.1) is 0 Å². The molecule has 0 saturated carbocycles. The summed E-state index contributed by atoms with van der Waals surface area (Å²) >= 11 is -1.75. The Kier molecular flexibility index (Phi) is 4.44. The van der Waals surface area contributed by atoms with Crippen molar-refractivity contribution < 1.29 is 13.4 Å². The first kappa shape index (κ1) is 6.76. The Morgan fingerprint density at radius 2 is 2.17 bits per heavy atom. The SMILES string of the molecule is OC[CH](O)[BiH][OH]. The van der Waals surface area contributed by atoms with Crippen molar-refractivity contribution in [3.8, 4) is 0 Å². The van der Waals surface area contributed by atoms with Gasteiger partial charge in [0.1, 0.15) is 0 Å². The zero-order chi connectivity index (χ0) is 4.99. The molecule has 0 rings (SSSR count). The van der Waals surface area contributed by atoms with Crippen LogP contribution < -0.4 is 0 Å². The van der Waals surface area contributed by atoms with Crippen molar-refractivity contribution in [2.24, 2.45) is 0 Å². The second kappa shape index (κ2) is 3.94. The molecule has 0 fully saturated rings. The third-order valence-corrected chi connectivity index (χ3v) is 2.19. The van der Waals surface area contributed by atoms with Gasteiger partial charge in [-0.1, -0.05) is 0 Å². The Hall–Kier alpha value is 0.763. The van der Waals surface area contributed by atoms with Gasteiger partial charge in [-0.2, -0.15) is 0 Å². The van der Waals surface area contributed by atoms with Gasteiger partial charge in [-0.05, 0) is 0 Å². The molecule has 6 heavy (non-hydrogen) atoms. The molecule has 0 aliphatic heterocycles. The van der Waals surface area contributed by atoms with E-state index in [1.165, 1.54) is 0 Å². The summed E-state index contributed by atoms with van der Waals surface area (Å²) in [6, 6.07) is 0. The summed E-state index contributed by atoms with van der Waals surface area (Å²) < 4.78 is 7.36. The maximum absolute atomic E-state index is 8.25. The molecule has 0 radical (unpaired) electrons. The van der Waals surface area contributed by atoms with Gasteiger partial charge in [-0.15, -0.1) is 0 Å². The first-order valence-corrected chi connectivity index (χ1v) is 5.48. The van der Waals surface area contributed by atoms with E-state index in [1.54, 1.807) is 0 Å². The zero-order valence-electron chi connectivity index (χ0n) is 3.13. The standard InChI is InChI=1S/C2H5O2.Bi.H2O.H/c3-1-2-4;;;/h1,3-4H,2H2;;1H2;/q;+1;;/p-1. The van der Waals surface area contributed by atoms with E-state index in [4.69, 9.17) is 13.4 Å². The zero-order valence-corrected chi connectivity index (χ0v) is 7.01. The molecule has 0 amide bonds. The predicted octanol–water partition coefficient (Wildman–Crippen LogP) is -2.36. The first-order valence-electron chi connectivity index (χ1n) is 1.49. The monoisotopic (exact) mass is 288 g/mol. The topological polar surface area (TPSA) is 60.7 Å². The van der Waals surface area contributed by atoms with Crippen molar-refractivity contribution in [2.75, 3.05) is 6.61 Å². The molecule has 38 valence electrons. The summed E-state index contributed by atoms with van der Waals surface area (Å²) in [5.74, 6) is 0. The van der Waals surface area contributed by atoms with Crippen LogP contribution in [0.2, 0.25) is 0 Å². The molecule has 0 aromatic carbocycles. The third-order valence-electron chi connectivity index (χ3n) is 0.322. The Labute approximate surface area is 47.8 Å². The van der Waals surface area contributed by atoms with Gasteiger partial charge in [0, 0.05) is 0 Å². The minimum atomic E-state index is -1.75. The molecule has 0 aromatic rings. The molecule has 3 N–H and O–H groups in total. The van der Waals surface area contributed by atoms with E-state index in [1.807, 2.05) is 0 Å². The molecule has 0 heterocycles. The van der Waals surface area contributed by atoms with Crippen LogP contribution in [0.25, 0.3) is 0 Å². The molecule has 0 bridgehead atoms. The van der Waals surface area contributed by atoms with Crippen molar-refractivity contribution in [1.82, 2.24) is 0 Å². The van der Waals surface area contributed by atoms with Crippen LogP contribution in [0.4, 0.5) is 0 Å². The Morgan fingerprint density at radius 1 is 1.67 bits per heavy atom. The molecule has 0 saturated heterocycles. The Bertz CT molecular complexity index is 28.0. The summed E-state index contributed by atoms with van der Waals surface area (Å²) in [4.78, 5) is 0. The second-order valence-corrected chi connectivity index (χ2v) is 4.42. The van der Waals surface area contributed by atoms with Crippen LogP contribution in [0.15, 0.2) is 0 Å². The van der Waals surface area contributed by atoms with Crippen molar-refractivity contribution in [1.29, 1.82) is 0 Å². The van der Waals surface area contributed by atoms with Gasteiger partial charge in [-0.25, -0.2) is 0 Å². The van der Waals surface area contributed by atoms with Crippen molar-refractivity contribution in [3.63, 3.8) is 0 Å². The molecule has 3 nitrogen and oxygen atoms in total. The average molecular weight is 288 g/mol. The van der Waals surface area contributed by atoms with Crippen LogP contribution >= 0.6 is 0 Å². The summed E-state index contributed by atoms with van der Waals surface area (Å²) in [6.45, 7) is -0.278. The van der Waals surface area contributed by atoms with Gasteiger partial charge >= 0.3 is 47.5 Å². The number of aliphatic hydroxyl groups excluding tert-OH is 2. The van der Waals surface area contributed by atoms with Gasteiger partial charge in [0.2, 0.25) is 0 Å². The van der Waals surface area contributed by atoms with Gasteiger partial charge in [0.15, 0.2) is 0 Å². The van der Waals surface area contributed by atoms with Crippen LogP contribution in [0.1, 0.15) is 0 Å². The number of hydrogen-bond acceptors (Lipinski definition) is 3. The van der Waals surface area contributed by atoms with Crippen molar-refractivity contribution >= 4 is 23.7 Å². The molecule has 1 unspecified atom stereocenters. The van der Waals surface area contributed by atoms with E-state index in [0.717, 1.165) is 0 Å². The minimum absolute atomic E-state index is 0.278. The summed E-state index contributed by atoms with van der Waals surface area (Å²) in [5.41, 5.74) is 0. The van der Waals surface area contributed by atoms with Crippen molar-refractivity contribution in [2.45, 2.75) is 3.81 Å². The third kappa shape index (κ3) is 2.97. The van der Waals surface area contributed by atoms with E-state index in [-0.39, 0.29) is 6.61 Å². The number of aliphatic hydroxyl groups is 2. The molecule has 4 heteroatoms. The molecular weight excluding hydrogens is 281 g/mol. The van der Waals surface area contributed by atoms with E-state index in [0.29, 0.717) is 0 Å². The molecule has 0 aliphatic rings. The quantitative estimate of drug-likeness (QED) is 0.498. The van der Waals surface area contributed by atoms with Gasteiger partial charge < -0.3 is 0 Å². The van der Waals surface area contributed by atoms with E-state index in [2.05, 4.69) is 0 Å². The average Bonchev–Trinajstić information content (AvgIpc) is 1.65. The van der Waals surface area contributed by atoms with Crippen LogP contribution in [0.3, 0.4) is 0 Å². The van der Waals surface area contributed by atoms with Gasteiger partial charge in [0.05, 0.1) is 0 Å². The van der Waals surface area contributed by atoms with E-state index < -0.39 is 27.5 Å². The fraction of sp³-hybridized carbons (Fsp3) is 1.00. The molecule has 0 aliphatic carbocycles. The second-order valence-electron chi connectivity index (χ2n) is 0.827. The number of rotatable bonds is 2. The fourth-order valence-corrected chi connectivity index (χ4v) is 0.358. The fourth-order valence-electron chi connectivity index (χ4n) is 0.0408.